The topological polar surface area (TPSA) is 63.8 Å². The van der Waals surface area contributed by atoms with Gasteiger partial charge in [0.2, 0.25) is 5.28 Å². The number of nitrogens with two attached hydrogens (primary N) is 1. The van der Waals surface area contributed by atoms with Crippen molar-refractivity contribution in [1.29, 1.82) is 0 Å². The maximum atomic E-state index is 5.76. The van der Waals surface area contributed by atoms with Gasteiger partial charge in [0, 0.05) is 4.47 Å². The molecule has 1 heterocycles. The summed E-state index contributed by atoms with van der Waals surface area (Å²) in [5.41, 5.74) is 8.24. The number of benzene rings is 1. The van der Waals surface area contributed by atoms with Gasteiger partial charge in [0.1, 0.15) is 0 Å². The Morgan fingerprint density at radius 1 is 1.41 bits per heavy atom. The van der Waals surface area contributed by atoms with Crippen molar-refractivity contribution < 1.29 is 0 Å². The zero-order valence-electron chi connectivity index (χ0n) is 9.04. The van der Waals surface area contributed by atoms with Gasteiger partial charge in [-0.2, -0.15) is 4.98 Å². The predicted octanol–water partition coefficient (Wildman–Crippen LogP) is 3.53. The fraction of sp³-hybridized carbons (Fsp3) is 0.0909. The van der Waals surface area contributed by atoms with Crippen molar-refractivity contribution in [1.82, 2.24) is 9.97 Å². The first-order valence-electron chi connectivity index (χ1n) is 4.87. The lowest BCUT2D eigenvalue weighted by Crippen LogP contribution is -2.01. The fourth-order valence-electron chi connectivity index (χ4n) is 1.32. The van der Waals surface area contributed by atoms with Crippen LogP contribution in [0.25, 0.3) is 0 Å². The molecule has 0 unspecified atom stereocenters. The lowest BCUT2D eigenvalue weighted by Gasteiger charge is -2.10. The maximum absolute atomic E-state index is 5.76. The van der Waals surface area contributed by atoms with E-state index in [1.54, 1.807) is 0 Å². The number of aryl methyl sites for hydroxylation is 1. The lowest BCUT2D eigenvalue weighted by molar-refractivity contribution is 1.17. The van der Waals surface area contributed by atoms with Crippen LogP contribution < -0.4 is 11.1 Å². The molecule has 0 aliphatic heterocycles. The molecule has 0 radical (unpaired) electrons. The summed E-state index contributed by atoms with van der Waals surface area (Å²) >= 11 is 9.19. The van der Waals surface area contributed by atoms with E-state index in [1.807, 2.05) is 25.1 Å². The first kappa shape index (κ1) is 12.1. The number of halogens is 2. The molecule has 0 aliphatic carbocycles. The molecule has 0 bridgehead atoms. The predicted molar refractivity (Wildman–Crippen MR) is 73.6 cm³/mol. The zero-order chi connectivity index (χ0) is 12.4. The molecule has 1 aromatic heterocycles. The van der Waals surface area contributed by atoms with Gasteiger partial charge in [0.15, 0.2) is 5.82 Å². The first-order chi connectivity index (χ1) is 8.06. The molecule has 88 valence electrons. The van der Waals surface area contributed by atoms with Crippen LogP contribution in [0.3, 0.4) is 0 Å². The van der Waals surface area contributed by atoms with Gasteiger partial charge in [-0.1, -0.05) is 6.07 Å². The van der Waals surface area contributed by atoms with Gasteiger partial charge in [-0.05, 0) is 52.2 Å². The van der Waals surface area contributed by atoms with E-state index in [9.17, 15) is 0 Å². The van der Waals surface area contributed by atoms with Gasteiger partial charge < -0.3 is 11.1 Å². The van der Waals surface area contributed by atoms with Crippen LogP contribution in [-0.2, 0) is 0 Å². The summed E-state index contributed by atoms with van der Waals surface area (Å²) in [5.74, 6) is 0.495. The van der Waals surface area contributed by atoms with Gasteiger partial charge >= 0.3 is 0 Å². The monoisotopic (exact) mass is 312 g/mol. The highest BCUT2D eigenvalue weighted by Gasteiger charge is 2.06. The second-order valence-corrected chi connectivity index (χ2v) is 4.74. The van der Waals surface area contributed by atoms with E-state index >= 15 is 0 Å². The van der Waals surface area contributed by atoms with Crippen molar-refractivity contribution in [2.24, 2.45) is 0 Å². The molecular formula is C11H10BrClN4. The normalized spacial score (nSPS) is 10.3. The Kier molecular flexibility index (Phi) is 3.49. The maximum Gasteiger partial charge on any atom is 0.224 e. The van der Waals surface area contributed by atoms with Crippen LogP contribution in [0.15, 0.2) is 28.9 Å². The summed E-state index contributed by atoms with van der Waals surface area (Å²) in [7, 11) is 0. The minimum atomic E-state index is 0.157. The van der Waals surface area contributed by atoms with E-state index in [4.69, 9.17) is 17.3 Å². The molecule has 0 saturated carbocycles. The molecular weight excluding hydrogens is 304 g/mol. The van der Waals surface area contributed by atoms with Crippen LogP contribution in [0, 0.1) is 6.92 Å². The summed E-state index contributed by atoms with van der Waals surface area (Å²) in [6, 6.07) is 5.93. The van der Waals surface area contributed by atoms with E-state index < -0.39 is 0 Å². The van der Waals surface area contributed by atoms with Crippen LogP contribution in [0.5, 0.6) is 0 Å². The Morgan fingerprint density at radius 2 is 2.18 bits per heavy atom. The van der Waals surface area contributed by atoms with Crippen LogP contribution in [0.1, 0.15) is 5.56 Å². The van der Waals surface area contributed by atoms with Crippen molar-refractivity contribution in [3.63, 3.8) is 0 Å². The van der Waals surface area contributed by atoms with Gasteiger partial charge in [-0.3, -0.25) is 0 Å². The molecule has 0 atom stereocenters. The van der Waals surface area contributed by atoms with Crippen molar-refractivity contribution in [3.8, 4) is 0 Å². The van der Waals surface area contributed by atoms with E-state index in [2.05, 4.69) is 31.2 Å². The zero-order valence-corrected chi connectivity index (χ0v) is 11.4. The largest absolute Gasteiger partial charge is 0.394 e. The molecule has 0 amide bonds. The molecule has 3 N–H and O–H groups in total. The first-order valence-corrected chi connectivity index (χ1v) is 6.04. The number of nitrogens with one attached hydrogen (secondary N) is 1. The number of hydrogen-bond acceptors (Lipinski definition) is 4. The molecule has 1 aromatic carbocycles. The Morgan fingerprint density at radius 3 is 2.88 bits per heavy atom. The van der Waals surface area contributed by atoms with Gasteiger partial charge in [0.05, 0.1) is 17.6 Å². The highest BCUT2D eigenvalue weighted by molar-refractivity contribution is 9.10. The average Bonchev–Trinajstić information content (AvgIpc) is 2.27. The Bertz CT molecular complexity index is 559. The molecule has 2 rings (SSSR count). The quantitative estimate of drug-likeness (QED) is 0.833. The van der Waals surface area contributed by atoms with Crippen LogP contribution in [0.4, 0.5) is 17.2 Å². The van der Waals surface area contributed by atoms with E-state index in [0.29, 0.717) is 11.5 Å². The fourth-order valence-corrected chi connectivity index (χ4v) is 2.04. The van der Waals surface area contributed by atoms with Crippen LogP contribution >= 0.6 is 27.5 Å². The molecule has 4 nitrogen and oxygen atoms in total. The smallest absolute Gasteiger partial charge is 0.224 e. The SMILES string of the molecule is Cc1ccc(Nc2nc(Cl)ncc2N)c(Br)c1. The summed E-state index contributed by atoms with van der Waals surface area (Å²) in [4.78, 5) is 7.82. The Hall–Kier alpha value is -1.33. The van der Waals surface area contributed by atoms with E-state index in [1.165, 1.54) is 6.20 Å². The summed E-state index contributed by atoms with van der Waals surface area (Å²) in [5, 5.41) is 3.26. The standard InChI is InChI=1S/C11H10BrClN4/c1-6-2-3-9(7(12)4-6)16-10-8(14)5-15-11(13)17-10/h2-5H,14H2,1H3,(H,15,16,17). The minimum absolute atomic E-state index is 0.157. The van der Waals surface area contributed by atoms with Crippen molar-refractivity contribution >= 4 is 44.7 Å². The minimum Gasteiger partial charge on any atom is -0.394 e. The van der Waals surface area contributed by atoms with E-state index in [-0.39, 0.29) is 5.28 Å². The molecule has 2 aromatic rings. The third-order valence-corrected chi connectivity index (χ3v) is 3.00. The van der Waals surface area contributed by atoms with Gasteiger partial charge in [-0.15, -0.1) is 0 Å². The Balaban J connectivity index is 2.34. The van der Waals surface area contributed by atoms with Gasteiger partial charge in [-0.25, -0.2) is 4.98 Å². The van der Waals surface area contributed by atoms with Crippen molar-refractivity contribution in [2.75, 3.05) is 11.1 Å². The van der Waals surface area contributed by atoms with E-state index in [0.717, 1.165) is 15.7 Å². The molecule has 0 aliphatic rings. The highest BCUT2D eigenvalue weighted by Crippen LogP contribution is 2.28. The lowest BCUT2D eigenvalue weighted by atomic mass is 10.2. The molecule has 0 fully saturated rings. The second kappa shape index (κ2) is 4.89. The number of nitrogens with zero attached hydrogens (tertiary/aromatic N) is 2. The molecule has 0 saturated heterocycles. The average molecular weight is 314 g/mol. The van der Waals surface area contributed by atoms with Gasteiger partial charge in [0.25, 0.3) is 0 Å². The number of hydrogen-bond donors (Lipinski definition) is 2. The third kappa shape index (κ3) is 2.87. The molecule has 0 spiro atoms. The Labute approximate surface area is 112 Å². The summed E-state index contributed by atoms with van der Waals surface area (Å²) in [6.45, 7) is 2.02. The van der Waals surface area contributed by atoms with Crippen LogP contribution in [-0.4, -0.2) is 9.97 Å². The number of nitrogen functional groups attached to an aromatic ring is 1. The summed E-state index contributed by atoms with van der Waals surface area (Å²) < 4.78 is 0.937. The van der Waals surface area contributed by atoms with Crippen molar-refractivity contribution in [2.45, 2.75) is 6.92 Å². The van der Waals surface area contributed by atoms with Crippen molar-refractivity contribution in [3.05, 3.63) is 39.7 Å². The second-order valence-electron chi connectivity index (χ2n) is 3.55. The third-order valence-electron chi connectivity index (χ3n) is 2.17. The molecule has 17 heavy (non-hydrogen) atoms. The molecule has 6 heteroatoms. The number of aromatic nitrogens is 2. The highest BCUT2D eigenvalue weighted by atomic mass is 79.9. The number of anilines is 3. The van der Waals surface area contributed by atoms with Crippen LogP contribution in [0.2, 0.25) is 5.28 Å². The number of rotatable bonds is 2. The summed E-state index contributed by atoms with van der Waals surface area (Å²) in [6.07, 6.45) is 1.47.